The number of amides is 1. The number of anilines is 1. The molecule has 2 aromatic rings. The smallest absolute Gasteiger partial charge is 0.281 e. The van der Waals surface area contributed by atoms with Gasteiger partial charge in [0.25, 0.3) is 10.2 Å². The van der Waals surface area contributed by atoms with Gasteiger partial charge in [0, 0.05) is 32.9 Å². The number of halogens is 1. The van der Waals surface area contributed by atoms with Gasteiger partial charge in [-0.25, -0.2) is 4.39 Å². The fourth-order valence-corrected chi connectivity index (χ4v) is 4.14. The van der Waals surface area contributed by atoms with E-state index >= 15 is 0 Å². The average molecular weight is 391 g/mol. The highest BCUT2D eigenvalue weighted by molar-refractivity contribution is 7.86. The Labute approximate surface area is 158 Å². The van der Waals surface area contributed by atoms with E-state index in [0.717, 1.165) is 11.1 Å². The summed E-state index contributed by atoms with van der Waals surface area (Å²) in [6.07, 6.45) is 0.552. The molecule has 6 nitrogen and oxygen atoms in total. The third kappa shape index (κ3) is 4.35. The van der Waals surface area contributed by atoms with Crippen molar-refractivity contribution in [1.82, 2.24) is 8.61 Å². The molecule has 27 heavy (non-hydrogen) atoms. The molecule has 0 unspecified atom stereocenters. The Morgan fingerprint density at radius 1 is 1.19 bits per heavy atom. The maximum Gasteiger partial charge on any atom is 0.281 e. The first-order valence-electron chi connectivity index (χ1n) is 8.60. The molecule has 0 spiro atoms. The van der Waals surface area contributed by atoms with Crippen molar-refractivity contribution in [2.24, 2.45) is 0 Å². The van der Waals surface area contributed by atoms with Crippen LogP contribution in [0, 0.1) is 5.82 Å². The van der Waals surface area contributed by atoms with Crippen molar-refractivity contribution in [3.05, 3.63) is 65.0 Å². The highest BCUT2D eigenvalue weighted by Gasteiger charge is 2.28. The first-order chi connectivity index (χ1) is 12.8. The third-order valence-electron chi connectivity index (χ3n) is 4.56. The van der Waals surface area contributed by atoms with Gasteiger partial charge < -0.3 is 5.32 Å². The van der Waals surface area contributed by atoms with E-state index in [2.05, 4.69) is 5.32 Å². The van der Waals surface area contributed by atoms with E-state index in [9.17, 15) is 17.6 Å². The Morgan fingerprint density at radius 2 is 1.93 bits per heavy atom. The lowest BCUT2D eigenvalue weighted by Gasteiger charge is -2.30. The number of nitrogens with zero attached hydrogens (tertiary/aromatic N) is 2. The summed E-state index contributed by atoms with van der Waals surface area (Å²) in [5.74, 6) is -0.740. The number of rotatable bonds is 5. The van der Waals surface area contributed by atoms with Crippen molar-refractivity contribution in [3.63, 3.8) is 0 Å². The summed E-state index contributed by atoms with van der Waals surface area (Å²) in [5, 5.41) is 2.76. The zero-order valence-corrected chi connectivity index (χ0v) is 16.1. The molecule has 0 atom stereocenters. The van der Waals surface area contributed by atoms with Gasteiger partial charge in [0.1, 0.15) is 5.82 Å². The molecule has 2 aromatic carbocycles. The number of carbonyl (C=O) groups is 1. The molecule has 1 aliphatic heterocycles. The molecule has 1 heterocycles. The molecule has 0 radical (unpaired) electrons. The summed E-state index contributed by atoms with van der Waals surface area (Å²) in [6, 6.07) is 11.6. The number of hydrogen-bond donors (Lipinski definition) is 1. The van der Waals surface area contributed by atoms with Crippen molar-refractivity contribution < 1.29 is 17.6 Å². The molecule has 3 rings (SSSR count). The normalized spacial score (nSPS) is 14.8. The lowest BCUT2D eigenvalue weighted by atomic mass is 10.0. The molecule has 144 valence electrons. The predicted octanol–water partition coefficient (Wildman–Crippen LogP) is 2.17. The van der Waals surface area contributed by atoms with E-state index in [1.54, 1.807) is 30.3 Å². The summed E-state index contributed by atoms with van der Waals surface area (Å²) in [4.78, 5) is 12.2. The van der Waals surface area contributed by atoms with Crippen LogP contribution in [0.4, 0.5) is 10.1 Å². The van der Waals surface area contributed by atoms with Crippen LogP contribution in [-0.4, -0.2) is 43.6 Å². The summed E-state index contributed by atoms with van der Waals surface area (Å²) in [5.41, 5.74) is 2.82. The van der Waals surface area contributed by atoms with Crippen LogP contribution in [0.1, 0.15) is 16.7 Å². The molecule has 0 bridgehead atoms. The quantitative estimate of drug-likeness (QED) is 0.849. The molecular weight excluding hydrogens is 369 g/mol. The van der Waals surface area contributed by atoms with E-state index in [-0.39, 0.29) is 18.9 Å². The molecule has 1 N–H and O–H groups in total. The first kappa shape index (κ1) is 19.5. The first-order valence-corrected chi connectivity index (χ1v) is 10.00. The molecule has 0 saturated heterocycles. The van der Waals surface area contributed by atoms with Crippen LogP contribution in [0.15, 0.2) is 42.5 Å². The van der Waals surface area contributed by atoms with Gasteiger partial charge in [-0.2, -0.15) is 17.0 Å². The third-order valence-corrected chi connectivity index (χ3v) is 6.45. The van der Waals surface area contributed by atoms with Crippen molar-refractivity contribution in [2.75, 3.05) is 26.0 Å². The molecular formula is C19H22FN3O3S. The van der Waals surface area contributed by atoms with Gasteiger partial charge in [0.05, 0.1) is 6.42 Å². The molecule has 0 saturated carbocycles. The van der Waals surface area contributed by atoms with Crippen LogP contribution in [0.25, 0.3) is 0 Å². The van der Waals surface area contributed by atoms with Gasteiger partial charge in [0.15, 0.2) is 0 Å². The predicted molar refractivity (Wildman–Crippen MR) is 102 cm³/mol. The van der Waals surface area contributed by atoms with E-state index in [4.69, 9.17) is 0 Å². The lowest BCUT2D eigenvalue weighted by molar-refractivity contribution is -0.115. The lowest BCUT2D eigenvalue weighted by Crippen LogP contribution is -2.42. The van der Waals surface area contributed by atoms with Gasteiger partial charge in [-0.1, -0.05) is 24.3 Å². The van der Waals surface area contributed by atoms with Crippen molar-refractivity contribution >= 4 is 21.8 Å². The molecule has 0 aliphatic carbocycles. The topological polar surface area (TPSA) is 69.7 Å². The molecule has 8 heteroatoms. The minimum Gasteiger partial charge on any atom is -0.326 e. The molecule has 0 fully saturated rings. The largest absolute Gasteiger partial charge is 0.326 e. The second-order valence-electron chi connectivity index (χ2n) is 6.67. The Balaban J connectivity index is 1.73. The maximum atomic E-state index is 13.7. The van der Waals surface area contributed by atoms with E-state index in [1.165, 1.54) is 28.8 Å². The number of fused-ring (bicyclic) bond motifs is 1. The van der Waals surface area contributed by atoms with Gasteiger partial charge in [-0.3, -0.25) is 4.79 Å². The minimum atomic E-state index is -3.49. The number of nitrogens with one attached hydrogen (secondary N) is 1. The Morgan fingerprint density at radius 3 is 2.63 bits per heavy atom. The Bertz CT molecular complexity index is 960. The summed E-state index contributed by atoms with van der Waals surface area (Å²) in [6.45, 7) is 0.680. The Hall–Kier alpha value is -2.29. The zero-order chi connectivity index (χ0) is 19.6. The highest BCUT2D eigenvalue weighted by Crippen LogP contribution is 2.25. The van der Waals surface area contributed by atoms with Crippen molar-refractivity contribution in [2.45, 2.75) is 19.4 Å². The van der Waals surface area contributed by atoms with Crippen LogP contribution in [0.2, 0.25) is 0 Å². The van der Waals surface area contributed by atoms with Crippen molar-refractivity contribution in [1.29, 1.82) is 0 Å². The van der Waals surface area contributed by atoms with Crippen LogP contribution < -0.4 is 5.32 Å². The number of benzene rings is 2. The second kappa shape index (κ2) is 7.75. The van der Waals surface area contributed by atoms with Crippen LogP contribution in [-0.2, 0) is 34.4 Å². The SMILES string of the molecule is CN(C)S(=O)(=O)N1CCc2ccc(NC(=O)Cc3ccccc3F)cc2C1. The number of hydrogen-bond acceptors (Lipinski definition) is 3. The van der Waals surface area contributed by atoms with Gasteiger partial charge >= 0.3 is 0 Å². The van der Waals surface area contributed by atoms with E-state index < -0.39 is 16.0 Å². The second-order valence-corrected chi connectivity index (χ2v) is 8.82. The van der Waals surface area contributed by atoms with Gasteiger partial charge in [0.2, 0.25) is 5.91 Å². The fraction of sp³-hybridized carbons (Fsp3) is 0.316. The van der Waals surface area contributed by atoms with Crippen LogP contribution >= 0.6 is 0 Å². The van der Waals surface area contributed by atoms with E-state index in [1.807, 2.05) is 6.07 Å². The maximum absolute atomic E-state index is 13.7. The zero-order valence-electron chi connectivity index (χ0n) is 15.3. The molecule has 1 aliphatic rings. The molecule has 1 amide bonds. The van der Waals surface area contributed by atoms with Crippen molar-refractivity contribution in [3.8, 4) is 0 Å². The number of carbonyl (C=O) groups excluding carboxylic acids is 1. The standard InChI is InChI=1S/C19H22FN3O3S/c1-22(2)27(25,26)23-10-9-14-7-8-17(11-16(14)13-23)21-19(24)12-15-5-3-4-6-18(15)20/h3-8,11H,9-10,12-13H2,1-2H3,(H,21,24). The average Bonchev–Trinajstić information content (AvgIpc) is 2.63. The van der Waals surface area contributed by atoms with Gasteiger partial charge in [-0.15, -0.1) is 0 Å². The highest BCUT2D eigenvalue weighted by atomic mass is 32.2. The fourth-order valence-electron chi connectivity index (χ4n) is 3.06. The van der Waals surface area contributed by atoms with Crippen LogP contribution in [0.5, 0.6) is 0 Å². The molecule has 0 aromatic heterocycles. The summed E-state index contributed by atoms with van der Waals surface area (Å²) < 4.78 is 41.0. The minimum absolute atomic E-state index is 0.0646. The van der Waals surface area contributed by atoms with Gasteiger partial charge in [-0.05, 0) is 41.3 Å². The summed E-state index contributed by atoms with van der Waals surface area (Å²) in [7, 11) is -0.478. The summed E-state index contributed by atoms with van der Waals surface area (Å²) >= 11 is 0. The monoisotopic (exact) mass is 391 g/mol. The van der Waals surface area contributed by atoms with E-state index in [0.29, 0.717) is 24.2 Å². The van der Waals surface area contributed by atoms with Crippen LogP contribution in [0.3, 0.4) is 0 Å². The Kier molecular flexibility index (Phi) is 5.59.